The normalized spacial score (nSPS) is 15.4. The summed E-state index contributed by atoms with van der Waals surface area (Å²) in [5.74, 6) is 0. The summed E-state index contributed by atoms with van der Waals surface area (Å²) in [5, 5.41) is 0. The first kappa shape index (κ1) is 55.2. The van der Waals surface area contributed by atoms with Gasteiger partial charge in [-0.1, -0.05) is 67.8 Å². The third kappa shape index (κ3) is 13.4. The molecule has 0 N–H and O–H groups in total. The summed E-state index contributed by atoms with van der Waals surface area (Å²) in [4.78, 5) is 0. The maximum atomic E-state index is 14.2. The van der Waals surface area contributed by atoms with E-state index in [9.17, 15) is 105 Å². The molecule has 0 bridgehead atoms. The monoisotopic (exact) mass is 1020 g/mol. The number of halogens is 24. The lowest BCUT2D eigenvalue weighted by molar-refractivity contribution is -0.144. The van der Waals surface area contributed by atoms with Gasteiger partial charge < -0.3 is 0 Å². The molecule has 1 aliphatic rings. The van der Waals surface area contributed by atoms with Crippen molar-refractivity contribution in [3.8, 4) is 0 Å². The Morgan fingerprint density at radius 2 is 0.507 bits per heavy atom. The molecule has 0 heterocycles. The van der Waals surface area contributed by atoms with Crippen LogP contribution in [0.2, 0.25) is 0 Å². The second-order valence-electron chi connectivity index (χ2n) is 15.3. The Balaban J connectivity index is 0.000000865. The molecule has 5 rings (SSSR count). The average Bonchev–Trinajstić information content (AvgIpc) is 3.15. The molecule has 0 saturated heterocycles. The van der Waals surface area contributed by atoms with E-state index in [1.807, 2.05) is 0 Å². The fourth-order valence-corrected chi connectivity index (χ4v) is 8.24. The van der Waals surface area contributed by atoms with Crippen LogP contribution in [0.1, 0.15) is 76.6 Å². The zero-order valence-electron chi connectivity index (χ0n) is 33.5. The van der Waals surface area contributed by atoms with Gasteiger partial charge in [-0.05, 0) is 37.1 Å². The number of alkyl halides is 24. The van der Waals surface area contributed by atoms with Crippen molar-refractivity contribution in [1.82, 2.24) is 0 Å². The van der Waals surface area contributed by atoms with Crippen LogP contribution in [0.3, 0.4) is 0 Å². The summed E-state index contributed by atoms with van der Waals surface area (Å²) in [6.07, 6.45) is -43.2. The van der Waals surface area contributed by atoms with E-state index in [4.69, 9.17) is 4.18 Å². The smallest absolute Gasteiger partial charge is 0.194 e. The van der Waals surface area contributed by atoms with Gasteiger partial charge in [0.25, 0.3) is 0 Å². The predicted octanol–water partition coefficient (Wildman–Crippen LogP) is 13.3. The van der Waals surface area contributed by atoms with Crippen LogP contribution < -0.4 is 21.9 Å². The quantitative estimate of drug-likeness (QED) is 0.106. The molecule has 0 atom stereocenters. The Hall–Kier alpha value is -4.43. The van der Waals surface area contributed by atoms with Gasteiger partial charge in [0, 0.05) is 0 Å². The maximum absolute atomic E-state index is 14.2. The van der Waals surface area contributed by atoms with Crippen LogP contribution >= 0.6 is 0 Å². The number of hydrogen-bond acceptors (Lipinski definition) is 1. The van der Waals surface area contributed by atoms with Crippen LogP contribution in [-0.4, -0.2) is 24.8 Å². The van der Waals surface area contributed by atoms with E-state index in [1.54, 1.807) is 0 Å². The van der Waals surface area contributed by atoms with E-state index in [-0.39, 0.29) is 11.2 Å². The Bertz CT molecular complexity index is 1920. The molecule has 1 fully saturated rings. The molecule has 0 radical (unpaired) electrons. The number of rotatable bonds is 6. The van der Waals surface area contributed by atoms with Crippen LogP contribution in [-0.2, 0) is 64.8 Å². The summed E-state index contributed by atoms with van der Waals surface area (Å²) >= 11 is 0.187. The van der Waals surface area contributed by atoms with Gasteiger partial charge in [-0.25, -0.2) is 0 Å². The third-order valence-corrected chi connectivity index (χ3v) is 11.0. The molecule has 1 nitrogen and oxygen atoms in total. The van der Waals surface area contributed by atoms with Gasteiger partial charge in [-0.3, -0.25) is 0 Å². The summed E-state index contributed by atoms with van der Waals surface area (Å²) in [6.45, 7) is 0. The van der Waals surface area contributed by atoms with Crippen molar-refractivity contribution >= 4 is 39.2 Å². The second-order valence-corrected chi connectivity index (χ2v) is 17.0. The van der Waals surface area contributed by atoms with Gasteiger partial charge in [0.15, 0.2) is 0 Å². The van der Waals surface area contributed by atoms with Gasteiger partial charge in [-0.15, -0.1) is 0 Å². The lowest BCUT2D eigenvalue weighted by Crippen LogP contribution is -2.75. The highest BCUT2D eigenvalue weighted by Crippen LogP contribution is 2.41. The zero-order valence-corrected chi connectivity index (χ0v) is 34.3. The van der Waals surface area contributed by atoms with E-state index >= 15 is 0 Å². The Labute approximate surface area is 365 Å². The van der Waals surface area contributed by atoms with E-state index in [0.717, 1.165) is 0 Å². The van der Waals surface area contributed by atoms with Gasteiger partial charge in [0.05, 0.1) is 44.5 Å². The van der Waals surface area contributed by atoms with Gasteiger partial charge in [0.2, 0.25) is 0 Å². The van der Waals surface area contributed by atoms with Crippen LogP contribution in [0, 0.1) is 0 Å². The maximum Gasteiger partial charge on any atom is 0.416 e. The minimum Gasteiger partial charge on any atom is -0.194 e. The van der Waals surface area contributed by atoms with Crippen molar-refractivity contribution in [1.29, 1.82) is 0 Å². The molecule has 4 aromatic carbocycles. The van der Waals surface area contributed by atoms with Gasteiger partial charge >= 0.3 is 49.4 Å². The average molecular weight is 1020 g/mol. The van der Waals surface area contributed by atoms with Crippen molar-refractivity contribution in [3.63, 3.8) is 0 Å². The Morgan fingerprint density at radius 1 is 0.328 bits per heavy atom. The Kier molecular flexibility index (Phi) is 15.5. The standard InChI is InChI=1S/C32H12BF24.C8H17OS/c34-25(35,36)13-1-14(26(37,38)39)6-21(5-13)33(22-7-15(27(40,41)42)2-16(8-22)28(43,44)45,23-9-17(29(46,47)48)3-18(10-23)30(49,50)51)24-11-19(31(52,53)54)4-20(12-24)32(55,56)57;1-10(2)9-8-6-4-3-5-7-8/h1-12H;8H,3-7H2,1-2H3/q-1;+1. The summed E-state index contributed by atoms with van der Waals surface area (Å²) in [7, 11) is 0. The van der Waals surface area contributed by atoms with Gasteiger partial charge in [-0.2, -0.15) is 131 Å². The molecule has 0 aliphatic heterocycles. The highest BCUT2D eigenvalue weighted by atomic mass is 32.2. The van der Waals surface area contributed by atoms with E-state index in [0.29, 0.717) is 6.10 Å². The molecule has 4 aromatic rings. The van der Waals surface area contributed by atoms with Crippen LogP contribution in [0.4, 0.5) is 105 Å². The van der Waals surface area contributed by atoms with E-state index in [2.05, 4.69) is 12.5 Å². The molecule has 27 heteroatoms. The summed E-state index contributed by atoms with van der Waals surface area (Å²) in [5.41, 5.74) is -30.2. The molecule has 0 spiro atoms. The van der Waals surface area contributed by atoms with E-state index in [1.165, 1.54) is 32.1 Å². The first-order chi connectivity index (χ1) is 30.0. The SMILES string of the molecule is C[S+](C)OC1CCCCC1.FC(F)(F)c1cc([B-](c2cc(C(F)(F)F)cc(C(F)(F)F)c2)(c2cc(C(F)(F)F)cc(C(F)(F)F)c2)c2cc(C(F)(F)F)cc(C(F)(F)F)c2)cc(C(F)(F)F)c1. The summed E-state index contributed by atoms with van der Waals surface area (Å²) < 4.78 is 347. The highest BCUT2D eigenvalue weighted by molar-refractivity contribution is 7.90. The third-order valence-electron chi connectivity index (χ3n) is 10.3. The molecule has 1 saturated carbocycles. The van der Waals surface area contributed by atoms with Crippen molar-refractivity contribution < 1.29 is 110 Å². The molecular weight excluding hydrogens is 995 g/mol. The lowest BCUT2D eigenvalue weighted by Gasteiger charge is -2.46. The molecule has 67 heavy (non-hydrogen) atoms. The minimum atomic E-state index is -6.13. The molecular formula is C40H29BF24OS. The molecule has 0 unspecified atom stereocenters. The molecule has 372 valence electrons. The first-order valence-electron chi connectivity index (χ1n) is 18.7. The predicted molar refractivity (Wildman–Crippen MR) is 197 cm³/mol. The van der Waals surface area contributed by atoms with Crippen molar-refractivity contribution in [2.24, 2.45) is 0 Å². The minimum absolute atomic E-state index is 0.187. The van der Waals surface area contributed by atoms with E-state index < -0.39 is 195 Å². The lowest BCUT2D eigenvalue weighted by atomic mass is 9.12. The van der Waals surface area contributed by atoms with Gasteiger partial charge in [0.1, 0.15) is 35.9 Å². The largest absolute Gasteiger partial charge is 0.416 e. The van der Waals surface area contributed by atoms with Crippen LogP contribution in [0.15, 0.2) is 72.8 Å². The second kappa shape index (κ2) is 18.8. The topological polar surface area (TPSA) is 9.23 Å². The fourth-order valence-electron chi connectivity index (χ4n) is 7.50. The van der Waals surface area contributed by atoms with Crippen LogP contribution in [0.5, 0.6) is 0 Å². The van der Waals surface area contributed by atoms with Crippen molar-refractivity contribution in [3.05, 3.63) is 117 Å². The molecule has 1 aliphatic carbocycles. The summed E-state index contributed by atoms with van der Waals surface area (Å²) in [6, 6.07) is -8.81. The number of hydrogen-bond donors (Lipinski definition) is 0. The molecule has 0 aromatic heterocycles. The van der Waals surface area contributed by atoms with Crippen molar-refractivity contribution in [2.75, 3.05) is 12.5 Å². The number of benzene rings is 4. The van der Waals surface area contributed by atoms with Crippen LogP contribution in [0.25, 0.3) is 0 Å². The van der Waals surface area contributed by atoms with Crippen molar-refractivity contribution in [2.45, 2.75) is 87.6 Å². The highest BCUT2D eigenvalue weighted by Gasteiger charge is 2.47. The molecule has 0 amide bonds. The zero-order chi connectivity index (χ0) is 51.3. The first-order valence-corrected chi connectivity index (χ1v) is 20.6. The Morgan fingerprint density at radius 3 is 0.657 bits per heavy atom. The fraction of sp³-hybridized carbons (Fsp3) is 0.400.